The number of para-hydroxylation sites is 2. The molecule has 0 radical (unpaired) electrons. The molecule has 0 aliphatic heterocycles. The third-order valence-corrected chi connectivity index (χ3v) is 3.13. The molecular weight excluding hydrogens is 228 g/mol. The maximum absolute atomic E-state index is 4.44. The Morgan fingerprint density at radius 1 is 1.24 bits per heavy atom. The molecule has 1 aromatic carbocycles. The van der Waals surface area contributed by atoms with E-state index in [9.17, 15) is 0 Å². The molecule has 2 rings (SSSR count). The van der Waals surface area contributed by atoms with Gasteiger partial charge in [0, 0.05) is 0 Å². The lowest BCUT2D eigenvalue weighted by Crippen LogP contribution is -2.36. The van der Waals surface area contributed by atoms with Crippen LogP contribution in [0.5, 0.6) is 0 Å². The Hall–Kier alpha value is -1.48. The topological polar surface area (TPSA) is 8.81 Å². The van der Waals surface area contributed by atoms with Gasteiger partial charge in [-0.05, 0) is 12.1 Å². The monoisotopic (exact) mass is 245 g/mol. The van der Waals surface area contributed by atoms with Gasteiger partial charge in [-0.1, -0.05) is 37.4 Å². The van der Waals surface area contributed by atoms with E-state index >= 15 is 0 Å². The Kier molecular flexibility index (Phi) is 3.69. The SMILES string of the molecule is C=CCn1c(CS)[n+](CC=C)c2ccccc21. The molecule has 0 saturated heterocycles. The van der Waals surface area contributed by atoms with Gasteiger partial charge >= 0.3 is 0 Å². The first-order chi connectivity index (χ1) is 8.33. The van der Waals surface area contributed by atoms with Crippen molar-refractivity contribution < 1.29 is 4.57 Å². The van der Waals surface area contributed by atoms with Gasteiger partial charge < -0.3 is 0 Å². The Labute approximate surface area is 107 Å². The third-order valence-electron chi connectivity index (χ3n) is 2.85. The normalized spacial score (nSPS) is 10.6. The summed E-state index contributed by atoms with van der Waals surface area (Å²) in [6.07, 6.45) is 3.83. The van der Waals surface area contributed by atoms with Gasteiger partial charge in [-0.2, -0.15) is 12.6 Å². The minimum Gasteiger partial charge on any atom is -0.223 e. The summed E-state index contributed by atoms with van der Waals surface area (Å²) < 4.78 is 4.50. The van der Waals surface area contributed by atoms with Gasteiger partial charge in [-0.25, -0.2) is 9.13 Å². The molecule has 0 aliphatic carbocycles. The van der Waals surface area contributed by atoms with E-state index in [1.54, 1.807) is 0 Å². The molecule has 1 aromatic heterocycles. The summed E-state index contributed by atoms with van der Waals surface area (Å²) in [5.41, 5.74) is 2.44. The maximum atomic E-state index is 4.44. The summed E-state index contributed by atoms with van der Waals surface area (Å²) in [6, 6.07) is 8.38. The van der Waals surface area contributed by atoms with Crippen molar-refractivity contribution >= 4 is 23.7 Å². The van der Waals surface area contributed by atoms with Crippen LogP contribution in [-0.4, -0.2) is 4.57 Å². The second-order valence-corrected chi connectivity index (χ2v) is 4.18. The van der Waals surface area contributed by atoms with E-state index in [1.807, 2.05) is 12.2 Å². The van der Waals surface area contributed by atoms with Crippen LogP contribution >= 0.6 is 12.6 Å². The zero-order chi connectivity index (χ0) is 12.3. The number of thiol groups is 1. The number of hydrogen-bond donors (Lipinski definition) is 1. The van der Waals surface area contributed by atoms with E-state index in [1.165, 1.54) is 16.9 Å². The molecule has 17 heavy (non-hydrogen) atoms. The van der Waals surface area contributed by atoms with Crippen molar-refractivity contribution in [3.8, 4) is 0 Å². The summed E-state index contributed by atoms with van der Waals surface area (Å²) in [5, 5.41) is 0. The molecule has 0 N–H and O–H groups in total. The Bertz CT molecular complexity index is 508. The van der Waals surface area contributed by atoms with Gasteiger partial charge in [0.2, 0.25) is 0 Å². The van der Waals surface area contributed by atoms with Gasteiger partial charge in [0.15, 0.2) is 11.0 Å². The highest BCUT2D eigenvalue weighted by Crippen LogP contribution is 2.15. The molecule has 0 bridgehead atoms. The van der Waals surface area contributed by atoms with Crippen molar-refractivity contribution in [3.63, 3.8) is 0 Å². The van der Waals surface area contributed by atoms with E-state index < -0.39 is 0 Å². The first kappa shape index (κ1) is 12.0. The van der Waals surface area contributed by atoms with Crippen molar-refractivity contribution in [2.45, 2.75) is 18.8 Å². The largest absolute Gasteiger partial charge is 0.267 e. The average molecular weight is 245 g/mol. The highest BCUT2D eigenvalue weighted by molar-refractivity contribution is 7.79. The summed E-state index contributed by atoms with van der Waals surface area (Å²) >= 11 is 4.44. The van der Waals surface area contributed by atoms with Crippen molar-refractivity contribution in [2.24, 2.45) is 0 Å². The van der Waals surface area contributed by atoms with Crippen LogP contribution < -0.4 is 4.57 Å². The number of imidazole rings is 1. The Morgan fingerprint density at radius 3 is 2.65 bits per heavy atom. The molecule has 88 valence electrons. The molecule has 0 saturated carbocycles. The van der Waals surface area contributed by atoms with Crippen LogP contribution in [0.4, 0.5) is 0 Å². The van der Waals surface area contributed by atoms with Crippen LogP contribution in [0, 0.1) is 0 Å². The molecule has 2 nitrogen and oxygen atoms in total. The first-order valence-electron chi connectivity index (χ1n) is 5.66. The number of hydrogen-bond acceptors (Lipinski definition) is 1. The van der Waals surface area contributed by atoms with E-state index in [0.29, 0.717) is 5.75 Å². The van der Waals surface area contributed by atoms with Gasteiger partial charge in [-0.3, -0.25) is 0 Å². The Morgan fingerprint density at radius 2 is 2.00 bits per heavy atom. The predicted octanol–water partition coefficient (Wildman–Crippen LogP) is 2.73. The van der Waals surface area contributed by atoms with E-state index in [0.717, 1.165) is 13.1 Å². The quantitative estimate of drug-likeness (QED) is 0.471. The number of rotatable bonds is 5. The van der Waals surface area contributed by atoms with Crippen LogP contribution in [-0.2, 0) is 18.8 Å². The number of aromatic nitrogens is 2. The maximum Gasteiger partial charge on any atom is 0.267 e. The minimum absolute atomic E-state index is 0.705. The summed E-state index contributed by atoms with van der Waals surface area (Å²) in [4.78, 5) is 0. The van der Waals surface area contributed by atoms with Gasteiger partial charge in [0.05, 0.1) is 5.75 Å². The van der Waals surface area contributed by atoms with Gasteiger partial charge in [-0.15, -0.1) is 0 Å². The molecule has 0 unspecified atom stereocenters. The smallest absolute Gasteiger partial charge is 0.223 e. The number of benzene rings is 1. The molecular formula is C14H17N2S+. The molecule has 0 aliphatic rings. The fourth-order valence-corrected chi connectivity index (χ4v) is 2.52. The molecule has 0 amide bonds. The second kappa shape index (κ2) is 5.23. The van der Waals surface area contributed by atoms with Crippen molar-refractivity contribution in [3.05, 3.63) is 55.4 Å². The molecule has 3 heteroatoms. The lowest BCUT2D eigenvalue weighted by atomic mass is 10.3. The number of allylic oxidation sites excluding steroid dienone is 2. The fraction of sp³-hybridized carbons (Fsp3) is 0.214. The van der Waals surface area contributed by atoms with E-state index in [2.05, 4.69) is 59.2 Å². The molecule has 0 atom stereocenters. The van der Waals surface area contributed by atoms with Gasteiger partial charge in [0.1, 0.15) is 13.1 Å². The lowest BCUT2D eigenvalue weighted by Gasteiger charge is -1.98. The van der Waals surface area contributed by atoms with Crippen LogP contribution in [0.1, 0.15) is 5.82 Å². The second-order valence-electron chi connectivity index (χ2n) is 3.86. The van der Waals surface area contributed by atoms with Crippen molar-refractivity contribution in [1.82, 2.24) is 4.57 Å². The zero-order valence-electron chi connectivity index (χ0n) is 9.84. The third kappa shape index (κ3) is 2.03. The molecule has 0 spiro atoms. The zero-order valence-corrected chi connectivity index (χ0v) is 10.7. The number of nitrogens with zero attached hydrogens (tertiary/aromatic N) is 2. The van der Waals surface area contributed by atoms with Gasteiger partial charge in [0.25, 0.3) is 5.82 Å². The van der Waals surface area contributed by atoms with Crippen LogP contribution in [0.3, 0.4) is 0 Å². The summed E-state index contributed by atoms with van der Waals surface area (Å²) in [7, 11) is 0. The standard InChI is InChI=1S/C14H16N2S/c1-3-9-15-12-7-5-6-8-13(12)16(10-4-2)14(15)11-17/h3-8H,1-2,9-11H2/p+1. The van der Waals surface area contributed by atoms with Crippen molar-refractivity contribution in [1.29, 1.82) is 0 Å². The van der Waals surface area contributed by atoms with Crippen molar-refractivity contribution in [2.75, 3.05) is 0 Å². The fourth-order valence-electron chi connectivity index (χ4n) is 2.18. The number of fused-ring (bicyclic) bond motifs is 1. The molecule has 0 fully saturated rings. The predicted molar refractivity (Wildman–Crippen MR) is 75.2 cm³/mol. The highest BCUT2D eigenvalue weighted by atomic mass is 32.1. The lowest BCUT2D eigenvalue weighted by molar-refractivity contribution is -0.668. The Balaban J connectivity index is 2.76. The van der Waals surface area contributed by atoms with E-state index in [4.69, 9.17) is 0 Å². The average Bonchev–Trinajstić information content (AvgIpc) is 2.65. The summed E-state index contributed by atoms with van der Waals surface area (Å²) in [6.45, 7) is 9.25. The van der Waals surface area contributed by atoms with E-state index in [-0.39, 0.29) is 0 Å². The summed E-state index contributed by atoms with van der Waals surface area (Å²) in [5.74, 6) is 1.89. The molecule has 1 heterocycles. The van der Waals surface area contributed by atoms with Crippen LogP contribution in [0.15, 0.2) is 49.6 Å². The van der Waals surface area contributed by atoms with Crippen LogP contribution in [0.25, 0.3) is 11.0 Å². The minimum atomic E-state index is 0.705. The first-order valence-corrected chi connectivity index (χ1v) is 6.29. The molecule has 2 aromatic rings. The van der Waals surface area contributed by atoms with Crippen LogP contribution in [0.2, 0.25) is 0 Å². The highest BCUT2D eigenvalue weighted by Gasteiger charge is 2.21.